The first kappa shape index (κ1) is 23.1. The van der Waals surface area contributed by atoms with Crippen molar-refractivity contribution >= 4 is 28.4 Å². The molecule has 4 aromatic heterocycles. The number of benzene rings is 1. The Hall–Kier alpha value is -4.68. The van der Waals surface area contributed by atoms with E-state index in [-0.39, 0.29) is 17.1 Å². The van der Waals surface area contributed by atoms with E-state index in [1.165, 1.54) is 30.6 Å². The van der Waals surface area contributed by atoms with E-state index in [9.17, 15) is 22.4 Å². The van der Waals surface area contributed by atoms with Crippen molar-refractivity contribution < 1.29 is 22.3 Å². The van der Waals surface area contributed by atoms with Gasteiger partial charge in [-0.15, -0.1) is 13.2 Å². The molecule has 0 unspecified atom stereocenters. The van der Waals surface area contributed by atoms with Crippen LogP contribution < -0.4 is 21.3 Å². The summed E-state index contributed by atoms with van der Waals surface area (Å²) in [7, 11) is 0. The lowest BCUT2D eigenvalue weighted by Crippen LogP contribution is -2.22. The second-order valence-corrected chi connectivity index (χ2v) is 7.90. The van der Waals surface area contributed by atoms with Gasteiger partial charge in [-0.3, -0.25) is 9.20 Å². The third-order valence-electron chi connectivity index (χ3n) is 5.45. The van der Waals surface area contributed by atoms with Gasteiger partial charge in [0.1, 0.15) is 17.1 Å². The third-order valence-corrected chi connectivity index (χ3v) is 5.45. The Labute approximate surface area is 199 Å². The van der Waals surface area contributed by atoms with Crippen LogP contribution in [0.4, 0.5) is 29.3 Å². The van der Waals surface area contributed by atoms with Crippen LogP contribution in [0, 0.1) is 5.82 Å². The largest absolute Gasteiger partial charge is 0.573 e. The quantitative estimate of drug-likeness (QED) is 0.306. The predicted octanol–water partition coefficient (Wildman–Crippen LogP) is 4.43. The molecular formula is C23H17F4N7O2. The summed E-state index contributed by atoms with van der Waals surface area (Å²) >= 11 is 0. The lowest BCUT2D eigenvalue weighted by molar-refractivity contribution is -0.274. The van der Waals surface area contributed by atoms with E-state index in [1.54, 1.807) is 13.0 Å². The van der Waals surface area contributed by atoms with Gasteiger partial charge in [-0.1, -0.05) is 12.1 Å². The molecule has 13 heteroatoms. The van der Waals surface area contributed by atoms with E-state index in [2.05, 4.69) is 30.0 Å². The summed E-state index contributed by atoms with van der Waals surface area (Å²) in [5.74, 6) is -0.878. The zero-order chi connectivity index (χ0) is 25.6. The van der Waals surface area contributed by atoms with E-state index in [4.69, 9.17) is 5.73 Å². The van der Waals surface area contributed by atoms with Crippen LogP contribution >= 0.6 is 0 Å². The van der Waals surface area contributed by atoms with Crippen LogP contribution in [-0.4, -0.2) is 30.7 Å². The first-order valence-electron chi connectivity index (χ1n) is 10.5. The third kappa shape index (κ3) is 4.37. The van der Waals surface area contributed by atoms with Crippen LogP contribution in [0.3, 0.4) is 0 Å². The molecule has 0 aliphatic rings. The predicted molar refractivity (Wildman–Crippen MR) is 124 cm³/mol. The van der Waals surface area contributed by atoms with Gasteiger partial charge >= 0.3 is 6.36 Å². The zero-order valence-electron chi connectivity index (χ0n) is 18.5. The average molecular weight is 499 g/mol. The lowest BCUT2D eigenvalue weighted by Gasteiger charge is -2.20. The summed E-state index contributed by atoms with van der Waals surface area (Å²) in [6, 6.07) is 8.67. The van der Waals surface area contributed by atoms with Crippen molar-refractivity contribution in [1.82, 2.24) is 24.3 Å². The van der Waals surface area contributed by atoms with Gasteiger partial charge in [-0.25, -0.2) is 9.37 Å². The molecule has 0 aliphatic carbocycles. The number of pyridine rings is 2. The molecule has 1 atom stereocenters. The summed E-state index contributed by atoms with van der Waals surface area (Å²) in [5, 5.41) is 3.16. The molecule has 0 fully saturated rings. The number of nitrogens with two attached hydrogens (primary N) is 1. The van der Waals surface area contributed by atoms with Crippen LogP contribution in [0.5, 0.6) is 5.75 Å². The summed E-state index contributed by atoms with van der Waals surface area (Å²) in [6.07, 6.45) is -2.48. The molecule has 5 aromatic rings. The molecule has 9 nitrogen and oxygen atoms in total. The normalized spacial score (nSPS) is 12.7. The first-order chi connectivity index (χ1) is 17.1. The molecule has 0 bridgehead atoms. The molecule has 0 amide bonds. The van der Waals surface area contributed by atoms with E-state index in [0.29, 0.717) is 28.1 Å². The molecule has 36 heavy (non-hydrogen) atoms. The molecule has 0 saturated carbocycles. The smallest absolute Gasteiger partial charge is 0.406 e. The molecule has 0 saturated heterocycles. The molecule has 184 valence electrons. The highest BCUT2D eigenvalue weighted by Gasteiger charge is 2.31. The van der Waals surface area contributed by atoms with Gasteiger partial charge in [0.05, 0.1) is 17.9 Å². The SMILES string of the molecule is C[C@H](Nc1nc(N)nc2nc[nH]c12)c1cc2ccc(F)cn2c(=O)c1-c1cccc(OC(F)(F)F)c1. The van der Waals surface area contributed by atoms with Crippen LogP contribution in [0.2, 0.25) is 0 Å². The van der Waals surface area contributed by atoms with Gasteiger partial charge in [0.25, 0.3) is 5.56 Å². The molecule has 5 rings (SSSR count). The topological polar surface area (TPSA) is 123 Å². The number of rotatable bonds is 5. The van der Waals surface area contributed by atoms with Gasteiger partial charge in [0, 0.05) is 11.7 Å². The van der Waals surface area contributed by atoms with Gasteiger partial charge in [-0.2, -0.15) is 9.97 Å². The minimum Gasteiger partial charge on any atom is -0.406 e. The molecule has 4 heterocycles. The Balaban J connectivity index is 1.68. The highest BCUT2D eigenvalue weighted by Crippen LogP contribution is 2.33. The van der Waals surface area contributed by atoms with E-state index in [1.807, 2.05) is 0 Å². The number of anilines is 2. The van der Waals surface area contributed by atoms with E-state index < -0.39 is 29.5 Å². The van der Waals surface area contributed by atoms with Crippen molar-refractivity contribution in [1.29, 1.82) is 0 Å². The number of ether oxygens (including phenoxy) is 1. The Morgan fingerprint density at radius 1 is 1.17 bits per heavy atom. The Morgan fingerprint density at radius 3 is 2.75 bits per heavy atom. The van der Waals surface area contributed by atoms with E-state index in [0.717, 1.165) is 22.7 Å². The molecular weight excluding hydrogens is 482 g/mol. The number of hydrogen-bond acceptors (Lipinski definition) is 7. The molecule has 0 aliphatic heterocycles. The van der Waals surface area contributed by atoms with Crippen LogP contribution in [0.15, 0.2) is 59.8 Å². The fourth-order valence-corrected chi connectivity index (χ4v) is 3.97. The number of nitrogen functional groups attached to an aromatic ring is 1. The van der Waals surface area contributed by atoms with E-state index >= 15 is 0 Å². The number of hydrogen-bond donors (Lipinski definition) is 3. The second kappa shape index (κ2) is 8.52. The Morgan fingerprint density at radius 2 is 1.97 bits per heavy atom. The number of H-pyrrole nitrogens is 1. The van der Waals surface area contributed by atoms with Crippen molar-refractivity contribution in [3.8, 4) is 16.9 Å². The maximum absolute atomic E-state index is 14.0. The van der Waals surface area contributed by atoms with Gasteiger partial charge in [-0.05, 0) is 48.4 Å². The Bertz CT molecular complexity index is 1660. The summed E-state index contributed by atoms with van der Waals surface area (Å²) in [6.45, 7) is 1.73. The molecule has 0 spiro atoms. The summed E-state index contributed by atoms with van der Waals surface area (Å²) < 4.78 is 57.5. The lowest BCUT2D eigenvalue weighted by atomic mass is 9.96. The number of halogens is 4. The van der Waals surface area contributed by atoms with Gasteiger partial charge in [0.2, 0.25) is 5.95 Å². The number of alkyl halides is 3. The number of imidazole rings is 1. The van der Waals surface area contributed by atoms with Crippen LogP contribution in [0.25, 0.3) is 27.8 Å². The summed E-state index contributed by atoms with van der Waals surface area (Å²) in [4.78, 5) is 28.7. The number of nitrogens with zero attached hydrogens (tertiary/aromatic N) is 4. The van der Waals surface area contributed by atoms with Crippen LogP contribution in [0.1, 0.15) is 18.5 Å². The maximum Gasteiger partial charge on any atom is 0.573 e. The standard InChI is InChI=1S/C23H17F4N7O2/c1-11(31-20-18-19(30-10-29-18)32-22(28)33-20)16-8-14-6-5-13(24)9-34(14)21(35)17(16)12-3-2-4-15(7-12)36-23(25,26)27/h2-11H,1H3,(H4,28,29,30,31,32,33)/t11-/m0/s1. The van der Waals surface area contributed by atoms with Crippen molar-refractivity contribution in [3.63, 3.8) is 0 Å². The van der Waals surface area contributed by atoms with Crippen molar-refractivity contribution in [2.45, 2.75) is 19.3 Å². The maximum atomic E-state index is 14.0. The van der Waals surface area contributed by atoms with Crippen molar-refractivity contribution in [2.75, 3.05) is 11.1 Å². The first-order valence-corrected chi connectivity index (χ1v) is 10.5. The number of nitrogens with one attached hydrogen (secondary N) is 2. The number of aromatic amines is 1. The highest BCUT2D eigenvalue weighted by atomic mass is 19.4. The highest BCUT2D eigenvalue weighted by molar-refractivity contribution is 5.84. The molecule has 0 radical (unpaired) electrons. The minimum atomic E-state index is -4.92. The molecule has 1 aromatic carbocycles. The van der Waals surface area contributed by atoms with Gasteiger partial charge < -0.3 is 20.8 Å². The summed E-state index contributed by atoms with van der Waals surface area (Å²) in [5.41, 5.74) is 6.95. The monoisotopic (exact) mass is 499 g/mol. The average Bonchev–Trinajstić information content (AvgIpc) is 3.27. The fourth-order valence-electron chi connectivity index (χ4n) is 3.97. The second-order valence-electron chi connectivity index (χ2n) is 7.90. The minimum absolute atomic E-state index is 0.0319. The molecule has 4 N–H and O–H groups in total. The van der Waals surface area contributed by atoms with Crippen molar-refractivity contribution in [2.24, 2.45) is 0 Å². The number of fused-ring (bicyclic) bond motifs is 2. The van der Waals surface area contributed by atoms with Gasteiger partial charge in [0.15, 0.2) is 11.5 Å². The van der Waals surface area contributed by atoms with Crippen LogP contribution in [-0.2, 0) is 0 Å². The fraction of sp³-hybridized carbons (Fsp3) is 0.130. The Kier molecular flexibility index (Phi) is 5.46. The zero-order valence-corrected chi connectivity index (χ0v) is 18.5. The van der Waals surface area contributed by atoms with Crippen molar-refractivity contribution in [3.05, 3.63) is 76.7 Å². The number of aromatic nitrogens is 5.